The minimum absolute atomic E-state index is 0.211. The van der Waals surface area contributed by atoms with Gasteiger partial charge in [0.05, 0.1) is 35.7 Å². The monoisotopic (exact) mass is 531 g/mol. The second kappa shape index (κ2) is 9.86. The van der Waals surface area contributed by atoms with Crippen LogP contribution in [0.4, 0.5) is 5.69 Å². The van der Waals surface area contributed by atoms with Gasteiger partial charge in [0.2, 0.25) is 0 Å². The van der Waals surface area contributed by atoms with Crippen molar-refractivity contribution in [1.82, 2.24) is 4.57 Å². The van der Waals surface area contributed by atoms with Crippen LogP contribution in [0.3, 0.4) is 0 Å². The van der Waals surface area contributed by atoms with Crippen molar-refractivity contribution < 1.29 is 23.9 Å². The van der Waals surface area contributed by atoms with Crippen LogP contribution < -0.4 is 24.5 Å². The van der Waals surface area contributed by atoms with Crippen molar-refractivity contribution in [3.63, 3.8) is 0 Å². The van der Waals surface area contributed by atoms with E-state index >= 15 is 0 Å². The van der Waals surface area contributed by atoms with E-state index in [-0.39, 0.29) is 16.0 Å². The summed E-state index contributed by atoms with van der Waals surface area (Å²) in [6.07, 6.45) is 0.764. The first-order chi connectivity index (χ1) is 18.3. The SMILES string of the molecule is CCCN1C(=O)C(=c2sc3n(c2=O)[C@H](c2ccc(OC(C)=O)cc2)C(C(=O)OC)=C(C)N=3)c2ccccc21. The normalized spacial score (nSPS) is 17.6. The van der Waals surface area contributed by atoms with Crippen LogP contribution in [-0.2, 0) is 19.1 Å². The highest BCUT2D eigenvalue weighted by Gasteiger charge is 2.37. The van der Waals surface area contributed by atoms with Gasteiger partial charge < -0.3 is 14.4 Å². The van der Waals surface area contributed by atoms with Crippen molar-refractivity contribution in [3.8, 4) is 5.75 Å². The summed E-state index contributed by atoms with van der Waals surface area (Å²) < 4.78 is 11.9. The van der Waals surface area contributed by atoms with Crippen LogP contribution in [-0.4, -0.2) is 36.1 Å². The average molecular weight is 532 g/mol. The van der Waals surface area contributed by atoms with E-state index in [0.29, 0.717) is 39.5 Å². The number of aromatic nitrogens is 1. The Labute approximate surface area is 221 Å². The third-order valence-electron chi connectivity index (χ3n) is 6.46. The lowest BCUT2D eigenvalue weighted by Crippen LogP contribution is -2.40. The predicted molar refractivity (Wildman–Crippen MR) is 142 cm³/mol. The summed E-state index contributed by atoms with van der Waals surface area (Å²) >= 11 is 1.13. The summed E-state index contributed by atoms with van der Waals surface area (Å²) in [6, 6.07) is 13.1. The van der Waals surface area contributed by atoms with E-state index in [9.17, 15) is 19.2 Å². The van der Waals surface area contributed by atoms with Gasteiger partial charge in [-0.15, -0.1) is 0 Å². The van der Waals surface area contributed by atoms with Crippen molar-refractivity contribution in [2.24, 2.45) is 4.99 Å². The zero-order valence-electron chi connectivity index (χ0n) is 21.3. The number of fused-ring (bicyclic) bond motifs is 2. The third-order valence-corrected chi connectivity index (χ3v) is 7.51. The second-order valence-corrected chi connectivity index (χ2v) is 9.88. The Balaban J connectivity index is 1.77. The van der Waals surface area contributed by atoms with Gasteiger partial charge in [0, 0.05) is 19.0 Å². The summed E-state index contributed by atoms with van der Waals surface area (Å²) in [6.45, 7) is 5.51. The smallest absolute Gasteiger partial charge is 0.338 e. The Kier molecular flexibility index (Phi) is 6.58. The van der Waals surface area contributed by atoms with Crippen molar-refractivity contribution in [2.45, 2.75) is 33.2 Å². The lowest BCUT2D eigenvalue weighted by Gasteiger charge is -2.24. The van der Waals surface area contributed by atoms with E-state index in [1.807, 2.05) is 31.2 Å². The number of methoxy groups -OCH3 is 1. The molecule has 1 atom stereocenters. The fourth-order valence-corrected chi connectivity index (χ4v) is 6.02. The van der Waals surface area contributed by atoms with E-state index in [2.05, 4.69) is 4.99 Å². The summed E-state index contributed by atoms with van der Waals surface area (Å²) in [4.78, 5) is 58.5. The Morgan fingerprint density at radius 2 is 1.79 bits per heavy atom. The molecule has 0 unspecified atom stereocenters. The minimum atomic E-state index is -0.849. The number of carbonyl (C=O) groups is 3. The fraction of sp³-hybridized carbons (Fsp3) is 0.250. The third kappa shape index (κ3) is 4.06. The van der Waals surface area contributed by atoms with Gasteiger partial charge in [-0.1, -0.05) is 48.6 Å². The maximum absolute atomic E-state index is 14.1. The van der Waals surface area contributed by atoms with Gasteiger partial charge in [0.15, 0.2) is 4.80 Å². The molecule has 3 heterocycles. The number of rotatable bonds is 5. The highest BCUT2D eigenvalue weighted by Crippen LogP contribution is 2.36. The zero-order chi connectivity index (χ0) is 27.1. The zero-order valence-corrected chi connectivity index (χ0v) is 22.1. The summed E-state index contributed by atoms with van der Waals surface area (Å²) in [7, 11) is 1.27. The molecule has 0 saturated heterocycles. The number of nitrogens with zero attached hydrogens (tertiary/aromatic N) is 3. The molecule has 0 radical (unpaired) electrons. The number of hydrogen-bond acceptors (Lipinski definition) is 8. The topological polar surface area (TPSA) is 107 Å². The molecular formula is C28H25N3O6S. The van der Waals surface area contributed by atoms with Crippen LogP contribution in [0.2, 0.25) is 0 Å². The van der Waals surface area contributed by atoms with E-state index in [4.69, 9.17) is 9.47 Å². The second-order valence-electron chi connectivity index (χ2n) is 8.91. The highest BCUT2D eigenvalue weighted by atomic mass is 32.1. The van der Waals surface area contributed by atoms with E-state index in [1.54, 1.807) is 36.1 Å². The highest BCUT2D eigenvalue weighted by molar-refractivity contribution is 7.07. The minimum Gasteiger partial charge on any atom is -0.466 e. The number of carbonyl (C=O) groups excluding carboxylic acids is 3. The average Bonchev–Trinajstić information content (AvgIpc) is 3.36. The number of hydrogen-bond donors (Lipinski definition) is 0. The summed E-state index contributed by atoms with van der Waals surface area (Å²) in [5.41, 5.74) is 2.60. The number of allylic oxidation sites excluding steroid dienone is 1. The van der Waals surface area contributed by atoms with E-state index in [0.717, 1.165) is 23.4 Å². The maximum atomic E-state index is 14.1. The van der Waals surface area contributed by atoms with Crippen molar-refractivity contribution >= 4 is 40.4 Å². The molecule has 0 N–H and O–H groups in total. The van der Waals surface area contributed by atoms with E-state index in [1.165, 1.54) is 18.6 Å². The Morgan fingerprint density at radius 1 is 1.08 bits per heavy atom. The molecule has 1 aromatic heterocycles. The first-order valence-electron chi connectivity index (χ1n) is 12.1. The number of esters is 2. The predicted octanol–water partition coefficient (Wildman–Crippen LogP) is 2.46. The number of ether oxygens (including phenoxy) is 2. The Bertz CT molecular complexity index is 1700. The van der Waals surface area contributed by atoms with Crippen LogP contribution in [0.1, 0.15) is 44.4 Å². The van der Waals surface area contributed by atoms with Gasteiger partial charge in [-0.3, -0.25) is 19.0 Å². The molecule has 9 nitrogen and oxygen atoms in total. The molecular weight excluding hydrogens is 506 g/mol. The number of para-hydroxylation sites is 1. The molecule has 0 aliphatic carbocycles. The largest absolute Gasteiger partial charge is 0.466 e. The maximum Gasteiger partial charge on any atom is 0.338 e. The van der Waals surface area contributed by atoms with Crippen molar-refractivity contribution in [1.29, 1.82) is 0 Å². The van der Waals surface area contributed by atoms with Gasteiger partial charge in [-0.2, -0.15) is 0 Å². The number of benzene rings is 2. The molecule has 2 aliphatic heterocycles. The summed E-state index contributed by atoms with van der Waals surface area (Å²) in [5.74, 6) is -0.976. The van der Waals surface area contributed by atoms with Gasteiger partial charge >= 0.3 is 11.9 Å². The quantitative estimate of drug-likeness (QED) is 0.370. The Hall–Kier alpha value is -4.31. The molecule has 2 aromatic carbocycles. The van der Waals surface area contributed by atoms with Crippen LogP contribution in [0.5, 0.6) is 5.75 Å². The van der Waals surface area contributed by atoms with Gasteiger partial charge in [-0.25, -0.2) is 9.79 Å². The van der Waals surface area contributed by atoms with Gasteiger partial charge in [-0.05, 0) is 37.1 Å². The number of anilines is 1. The fourth-order valence-electron chi connectivity index (χ4n) is 4.89. The van der Waals surface area contributed by atoms with Crippen molar-refractivity contribution in [2.75, 3.05) is 18.6 Å². The van der Waals surface area contributed by atoms with Gasteiger partial charge in [0.1, 0.15) is 10.3 Å². The summed E-state index contributed by atoms with van der Waals surface area (Å²) in [5, 5.41) is 0. The first kappa shape index (κ1) is 25.3. The lowest BCUT2D eigenvalue weighted by atomic mass is 9.96. The standard InChI is InChI=1S/C28H25N3O6S/c1-5-14-30-20-9-7-6-8-19(20)22(25(30)33)24-26(34)31-23(17-10-12-18(13-11-17)37-16(3)32)21(27(35)36-4)15(2)29-28(31)38-24/h6-13,23H,5,14H2,1-4H3/t23-/m1/s1. The first-order valence-corrected chi connectivity index (χ1v) is 12.9. The molecule has 38 heavy (non-hydrogen) atoms. The molecule has 3 aromatic rings. The molecule has 0 fully saturated rings. The van der Waals surface area contributed by atoms with Crippen LogP contribution in [0.25, 0.3) is 5.57 Å². The van der Waals surface area contributed by atoms with Crippen molar-refractivity contribution in [3.05, 3.63) is 90.6 Å². The van der Waals surface area contributed by atoms with E-state index < -0.39 is 23.5 Å². The Morgan fingerprint density at radius 3 is 2.45 bits per heavy atom. The van der Waals surface area contributed by atoms with Crippen LogP contribution in [0, 0.1) is 0 Å². The molecule has 194 valence electrons. The molecule has 10 heteroatoms. The van der Waals surface area contributed by atoms with Gasteiger partial charge in [0.25, 0.3) is 11.5 Å². The molecule has 5 rings (SSSR count). The number of amides is 1. The van der Waals surface area contributed by atoms with Crippen LogP contribution in [0.15, 0.2) is 69.6 Å². The molecule has 0 spiro atoms. The molecule has 0 bridgehead atoms. The molecule has 1 amide bonds. The molecule has 2 aliphatic rings. The molecule has 0 saturated carbocycles. The van der Waals surface area contributed by atoms with Crippen LogP contribution >= 0.6 is 11.3 Å². The lowest BCUT2D eigenvalue weighted by molar-refractivity contribution is -0.136. The number of thiazole rings is 1.